The molecule has 0 aromatic heterocycles. The Kier molecular flexibility index (Phi) is 8.28. The van der Waals surface area contributed by atoms with E-state index >= 15 is 0 Å². The summed E-state index contributed by atoms with van der Waals surface area (Å²) in [5, 5.41) is 0. The van der Waals surface area contributed by atoms with Gasteiger partial charge in [0.25, 0.3) is 5.91 Å². The SMILES string of the molecule is CCCCCC(=O)CCc1ccc(CN2C(=O)C(C)(CC3CCCCC3)N=C2N)cc1. The van der Waals surface area contributed by atoms with Crippen LogP contribution in [0.15, 0.2) is 29.3 Å². The van der Waals surface area contributed by atoms with Crippen molar-refractivity contribution in [1.29, 1.82) is 0 Å². The number of rotatable bonds is 11. The number of nitrogens with zero attached hydrogens (tertiary/aromatic N) is 2. The first kappa shape index (κ1) is 23.5. The fraction of sp³-hybridized carbons (Fsp3) is 0.654. The van der Waals surface area contributed by atoms with E-state index in [1.807, 2.05) is 19.1 Å². The zero-order valence-electron chi connectivity index (χ0n) is 19.4. The second-order valence-electron chi connectivity index (χ2n) is 9.66. The van der Waals surface area contributed by atoms with Gasteiger partial charge in [0, 0.05) is 12.8 Å². The number of Topliss-reactive ketones (excluding diaryl/α,β-unsaturated/α-hetero) is 1. The van der Waals surface area contributed by atoms with E-state index in [9.17, 15) is 9.59 Å². The average Bonchev–Trinajstić information content (AvgIpc) is 2.97. The Balaban J connectivity index is 1.52. The number of unbranched alkanes of at least 4 members (excludes halogenated alkanes) is 2. The van der Waals surface area contributed by atoms with Crippen molar-refractivity contribution in [2.45, 2.75) is 103 Å². The van der Waals surface area contributed by atoms with E-state index in [0.717, 1.165) is 43.2 Å². The molecule has 5 heteroatoms. The first-order chi connectivity index (χ1) is 14.9. The van der Waals surface area contributed by atoms with Crippen LogP contribution in [0.1, 0.15) is 95.6 Å². The van der Waals surface area contributed by atoms with Crippen molar-refractivity contribution in [2.24, 2.45) is 16.6 Å². The van der Waals surface area contributed by atoms with Crippen molar-refractivity contribution in [3.63, 3.8) is 0 Å². The van der Waals surface area contributed by atoms with Gasteiger partial charge in [0.1, 0.15) is 11.3 Å². The summed E-state index contributed by atoms with van der Waals surface area (Å²) >= 11 is 0. The van der Waals surface area contributed by atoms with Crippen molar-refractivity contribution in [2.75, 3.05) is 0 Å². The van der Waals surface area contributed by atoms with Crippen LogP contribution in [0.4, 0.5) is 0 Å². The lowest BCUT2D eigenvalue weighted by molar-refractivity contribution is -0.131. The van der Waals surface area contributed by atoms with Crippen LogP contribution in [0.2, 0.25) is 0 Å². The monoisotopic (exact) mass is 425 g/mol. The van der Waals surface area contributed by atoms with Gasteiger partial charge in [-0.1, -0.05) is 76.1 Å². The van der Waals surface area contributed by atoms with Crippen LogP contribution in [0.3, 0.4) is 0 Å². The van der Waals surface area contributed by atoms with E-state index in [-0.39, 0.29) is 5.91 Å². The molecule has 0 saturated heterocycles. The fourth-order valence-electron chi connectivity index (χ4n) is 4.97. The highest BCUT2D eigenvalue weighted by molar-refractivity contribution is 6.06. The third-order valence-electron chi connectivity index (χ3n) is 6.87. The topological polar surface area (TPSA) is 75.8 Å². The van der Waals surface area contributed by atoms with Gasteiger partial charge in [-0.3, -0.25) is 14.5 Å². The number of carbonyl (C=O) groups is 2. The number of ketones is 1. The lowest BCUT2D eigenvalue weighted by Crippen LogP contribution is -2.43. The summed E-state index contributed by atoms with van der Waals surface area (Å²) in [6.07, 6.45) is 12.4. The number of benzene rings is 1. The molecule has 1 atom stereocenters. The normalized spacial score (nSPS) is 22.1. The quantitative estimate of drug-likeness (QED) is 0.498. The molecule has 1 unspecified atom stereocenters. The van der Waals surface area contributed by atoms with E-state index in [1.54, 1.807) is 4.90 Å². The summed E-state index contributed by atoms with van der Waals surface area (Å²) < 4.78 is 0. The molecule has 1 aliphatic heterocycles. The van der Waals surface area contributed by atoms with Gasteiger partial charge in [-0.25, -0.2) is 4.99 Å². The van der Waals surface area contributed by atoms with Crippen LogP contribution in [-0.2, 0) is 22.6 Å². The Labute approximate surface area is 187 Å². The van der Waals surface area contributed by atoms with Crippen LogP contribution in [0.5, 0.6) is 0 Å². The highest BCUT2D eigenvalue weighted by atomic mass is 16.2. The van der Waals surface area contributed by atoms with Crippen molar-refractivity contribution in [1.82, 2.24) is 4.90 Å². The summed E-state index contributed by atoms with van der Waals surface area (Å²) in [4.78, 5) is 31.4. The van der Waals surface area contributed by atoms with E-state index in [1.165, 1.54) is 32.1 Å². The van der Waals surface area contributed by atoms with Gasteiger partial charge in [0.15, 0.2) is 5.96 Å². The molecule has 0 bridgehead atoms. The van der Waals surface area contributed by atoms with Gasteiger partial charge in [-0.15, -0.1) is 0 Å². The molecule has 1 amide bonds. The van der Waals surface area contributed by atoms with Gasteiger partial charge in [-0.2, -0.15) is 0 Å². The number of aryl methyl sites for hydroxylation is 1. The average molecular weight is 426 g/mol. The second kappa shape index (κ2) is 10.9. The number of guanidine groups is 1. The lowest BCUT2D eigenvalue weighted by Gasteiger charge is -2.29. The Morgan fingerprint density at radius 1 is 1.10 bits per heavy atom. The second-order valence-corrected chi connectivity index (χ2v) is 9.66. The Hall–Kier alpha value is -2.17. The molecule has 5 nitrogen and oxygen atoms in total. The van der Waals surface area contributed by atoms with Crippen molar-refractivity contribution >= 4 is 17.6 Å². The first-order valence-corrected chi connectivity index (χ1v) is 12.2. The van der Waals surface area contributed by atoms with E-state index in [0.29, 0.717) is 37.0 Å². The number of aliphatic imine (C=N–C) groups is 1. The van der Waals surface area contributed by atoms with Crippen LogP contribution in [-0.4, -0.2) is 28.1 Å². The molecule has 1 aromatic carbocycles. The fourth-order valence-corrected chi connectivity index (χ4v) is 4.97. The summed E-state index contributed by atoms with van der Waals surface area (Å²) in [5.41, 5.74) is 7.65. The van der Waals surface area contributed by atoms with Crippen LogP contribution < -0.4 is 5.73 Å². The molecule has 0 spiro atoms. The minimum atomic E-state index is -0.718. The third-order valence-corrected chi connectivity index (χ3v) is 6.87. The molecule has 3 rings (SSSR count). The zero-order chi connectivity index (χ0) is 22.3. The number of amides is 1. The molecule has 1 heterocycles. The predicted octanol–water partition coefficient (Wildman–Crippen LogP) is 5.15. The highest BCUT2D eigenvalue weighted by Crippen LogP contribution is 2.35. The third kappa shape index (κ3) is 6.41. The standard InChI is InChI=1S/C26H39N3O2/c1-3-4-6-11-23(30)17-16-20-12-14-22(15-13-20)19-29-24(31)26(2,28-25(29)27)18-21-9-7-5-8-10-21/h12-15,21H,3-11,16-19H2,1-2H3,(H2,27,28). The predicted molar refractivity (Wildman–Crippen MR) is 126 cm³/mol. The van der Waals surface area contributed by atoms with Crippen molar-refractivity contribution in [3.8, 4) is 0 Å². The number of carbonyl (C=O) groups excluding carboxylic acids is 2. The lowest BCUT2D eigenvalue weighted by atomic mass is 9.80. The maximum absolute atomic E-state index is 13.2. The van der Waals surface area contributed by atoms with Gasteiger partial charge in [-0.05, 0) is 43.2 Å². The van der Waals surface area contributed by atoms with Crippen molar-refractivity contribution < 1.29 is 9.59 Å². The minimum Gasteiger partial charge on any atom is -0.369 e. The maximum atomic E-state index is 13.2. The van der Waals surface area contributed by atoms with Gasteiger partial charge in [0.2, 0.25) is 0 Å². The molecule has 31 heavy (non-hydrogen) atoms. The summed E-state index contributed by atoms with van der Waals surface area (Å²) in [7, 11) is 0. The summed E-state index contributed by atoms with van der Waals surface area (Å²) in [6.45, 7) is 4.54. The molecule has 0 radical (unpaired) electrons. The molecule has 1 aromatic rings. The van der Waals surface area contributed by atoms with E-state index < -0.39 is 5.54 Å². The van der Waals surface area contributed by atoms with Crippen LogP contribution in [0.25, 0.3) is 0 Å². The molecule has 2 aliphatic rings. The smallest absolute Gasteiger partial charge is 0.257 e. The number of hydrogen-bond donors (Lipinski definition) is 1. The summed E-state index contributed by atoms with van der Waals surface area (Å²) in [5.74, 6) is 1.28. The highest BCUT2D eigenvalue weighted by Gasteiger charge is 2.45. The Morgan fingerprint density at radius 3 is 2.45 bits per heavy atom. The molecule has 170 valence electrons. The van der Waals surface area contributed by atoms with E-state index in [2.05, 4.69) is 24.0 Å². The number of nitrogens with two attached hydrogens (primary N) is 1. The van der Waals surface area contributed by atoms with Crippen LogP contribution in [0, 0.1) is 5.92 Å². The molecule has 2 N–H and O–H groups in total. The molecular formula is C26H39N3O2. The molecule has 1 saturated carbocycles. The zero-order valence-corrected chi connectivity index (χ0v) is 19.4. The van der Waals surface area contributed by atoms with Crippen molar-refractivity contribution in [3.05, 3.63) is 35.4 Å². The largest absolute Gasteiger partial charge is 0.369 e. The molecule has 1 fully saturated rings. The van der Waals surface area contributed by atoms with Crippen LogP contribution >= 0.6 is 0 Å². The van der Waals surface area contributed by atoms with E-state index in [4.69, 9.17) is 5.73 Å². The first-order valence-electron chi connectivity index (χ1n) is 12.2. The summed E-state index contributed by atoms with van der Waals surface area (Å²) in [6, 6.07) is 8.19. The molecular weight excluding hydrogens is 386 g/mol. The van der Waals surface area contributed by atoms with Gasteiger partial charge < -0.3 is 5.73 Å². The number of hydrogen-bond acceptors (Lipinski definition) is 4. The van der Waals surface area contributed by atoms with Gasteiger partial charge in [0.05, 0.1) is 6.54 Å². The maximum Gasteiger partial charge on any atom is 0.257 e. The minimum absolute atomic E-state index is 0.0253. The Morgan fingerprint density at radius 2 is 1.77 bits per heavy atom. The molecule has 1 aliphatic carbocycles. The van der Waals surface area contributed by atoms with Gasteiger partial charge >= 0.3 is 0 Å². The Bertz CT molecular complexity index is 780.